The van der Waals surface area contributed by atoms with Crippen molar-refractivity contribution >= 4 is 23.8 Å². The number of carbonyl (C=O) groups is 2. The first-order valence-electron chi connectivity index (χ1n) is 5.35. The molecule has 0 amide bonds. The van der Waals surface area contributed by atoms with Crippen LogP contribution >= 0.6 is 0 Å². The number of carboxylic acids is 1. The zero-order valence-electron chi connectivity index (χ0n) is 9.92. The van der Waals surface area contributed by atoms with E-state index in [1.807, 2.05) is 0 Å². The Morgan fingerprint density at radius 3 is 2.89 bits per heavy atom. The van der Waals surface area contributed by atoms with E-state index in [1.165, 1.54) is 12.3 Å². The van der Waals surface area contributed by atoms with Crippen LogP contribution in [0.3, 0.4) is 0 Å². The predicted octanol–water partition coefficient (Wildman–Crippen LogP) is 1.33. The van der Waals surface area contributed by atoms with Gasteiger partial charge in [-0.3, -0.25) is 4.79 Å². The van der Waals surface area contributed by atoms with Crippen LogP contribution in [-0.2, 0) is 9.53 Å². The number of hydrogen-bond donors (Lipinski definition) is 2. The average molecular weight is 250 g/mol. The molecule has 0 aromatic carbocycles. The van der Waals surface area contributed by atoms with Crippen molar-refractivity contribution < 1.29 is 19.4 Å². The summed E-state index contributed by atoms with van der Waals surface area (Å²) in [5, 5.41) is 8.86. The van der Waals surface area contributed by atoms with Gasteiger partial charge in [0, 0.05) is 6.20 Å². The Morgan fingerprint density at radius 1 is 1.56 bits per heavy atom. The highest BCUT2D eigenvalue weighted by Crippen LogP contribution is 2.12. The third-order valence-electron chi connectivity index (χ3n) is 2.07. The number of carboxylic acid groups (broad SMARTS) is 1. The fourth-order valence-electron chi connectivity index (χ4n) is 1.27. The standard InChI is InChI=1S/C12H14N2O4/c1-2-18-10(15)5-3-4-8-6-9(12(16)17)11(13)14-7-8/h3-4,6-7H,2,5H2,1H3,(H2,13,14)(H,16,17). The monoisotopic (exact) mass is 250 g/mol. The summed E-state index contributed by atoms with van der Waals surface area (Å²) < 4.78 is 4.74. The molecular formula is C12H14N2O4. The van der Waals surface area contributed by atoms with Gasteiger partial charge in [0.1, 0.15) is 11.4 Å². The molecule has 18 heavy (non-hydrogen) atoms. The largest absolute Gasteiger partial charge is 0.478 e. The Labute approximate surface area is 104 Å². The van der Waals surface area contributed by atoms with E-state index in [0.29, 0.717) is 12.2 Å². The van der Waals surface area contributed by atoms with Gasteiger partial charge in [-0.25, -0.2) is 9.78 Å². The number of hydrogen-bond acceptors (Lipinski definition) is 5. The van der Waals surface area contributed by atoms with Crippen LogP contribution in [0.2, 0.25) is 0 Å². The summed E-state index contributed by atoms with van der Waals surface area (Å²) in [5.41, 5.74) is 5.92. The Hall–Kier alpha value is -2.37. The number of ether oxygens (including phenoxy) is 1. The number of esters is 1. The van der Waals surface area contributed by atoms with Gasteiger partial charge in [0.25, 0.3) is 0 Å². The van der Waals surface area contributed by atoms with Crippen molar-refractivity contribution in [3.8, 4) is 0 Å². The van der Waals surface area contributed by atoms with Crippen molar-refractivity contribution in [2.75, 3.05) is 12.3 Å². The molecule has 6 heteroatoms. The third-order valence-corrected chi connectivity index (χ3v) is 2.07. The molecule has 1 heterocycles. The van der Waals surface area contributed by atoms with Crippen molar-refractivity contribution in [1.82, 2.24) is 4.98 Å². The molecular weight excluding hydrogens is 236 g/mol. The molecule has 0 atom stereocenters. The van der Waals surface area contributed by atoms with Crippen LogP contribution in [0.25, 0.3) is 6.08 Å². The van der Waals surface area contributed by atoms with Gasteiger partial charge in [-0.15, -0.1) is 0 Å². The smallest absolute Gasteiger partial charge is 0.339 e. The first kappa shape index (κ1) is 13.7. The lowest BCUT2D eigenvalue weighted by molar-refractivity contribution is -0.142. The van der Waals surface area contributed by atoms with Crippen molar-refractivity contribution in [3.63, 3.8) is 0 Å². The summed E-state index contributed by atoms with van der Waals surface area (Å²) >= 11 is 0. The van der Waals surface area contributed by atoms with Crippen LogP contribution in [0.5, 0.6) is 0 Å². The first-order valence-corrected chi connectivity index (χ1v) is 5.35. The quantitative estimate of drug-likeness (QED) is 0.764. The van der Waals surface area contributed by atoms with Crippen molar-refractivity contribution in [3.05, 3.63) is 29.5 Å². The van der Waals surface area contributed by atoms with E-state index in [0.717, 1.165) is 0 Å². The fourth-order valence-corrected chi connectivity index (χ4v) is 1.27. The summed E-state index contributed by atoms with van der Waals surface area (Å²) in [6, 6.07) is 1.40. The van der Waals surface area contributed by atoms with E-state index in [2.05, 4.69) is 4.98 Å². The van der Waals surface area contributed by atoms with Gasteiger partial charge in [-0.1, -0.05) is 12.2 Å². The Balaban J connectivity index is 2.73. The van der Waals surface area contributed by atoms with E-state index >= 15 is 0 Å². The second-order valence-corrected chi connectivity index (χ2v) is 3.42. The van der Waals surface area contributed by atoms with Gasteiger partial charge in [-0.05, 0) is 18.6 Å². The maximum atomic E-state index is 11.1. The van der Waals surface area contributed by atoms with Crippen molar-refractivity contribution in [2.24, 2.45) is 0 Å². The van der Waals surface area contributed by atoms with E-state index in [-0.39, 0.29) is 23.8 Å². The number of carbonyl (C=O) groups excluding carboxylic acids is 1. The lowest BCUT2D eigenvalue weighted by atomic mass is 10.1. The number of nitrogens with zero attached hydrogens (tertiary/aromatic N) is 1. The van der Waals surface area contributed by atoms with Gasteiger partial charge in [0.2, 0.25) is 0 Å². The lowest BCUT2D eigenvalue weighted by Gasteiger charge is -2.01. The number of nitrogens with two attached hydrogens (primary N) is 1. The highest BCUT2D eigenvalue weighted by molar-refractivity contribution is 5.93. The third kappa shape index (κ3) is 3.89. The normalized spacial score (nSPS) is 10.5. The molecule has 0 bridgehead atoms. The van der Waals surface area contributed by atoms with Crippen LogP contribution in [0.15, 0.2) is 18.3 Å². The number of aromatic nitrogens is 1. The molecule has 0 aliphatic rings. The number of pyridine rings is 1. The van der Waals surface area contributed by atoms with Crippen molar-refractivity contribution in [2.45, 2.75) is 13.3 Å². The van der Waals surface area contributed by atoms with Gasteiger partial charge in [0.05, 0.1) is 13.0 Å². The second-order valence-electron chi connectivity index (χ2n) is 3.42. The Bertz CT molecular complexity index is 483. The molecule has 0 fully saturated rings. The minimum Gasteiger partial charge on any atom is -0.478 e. The maximum absolute atomic E-state index is 11.1. The van der Waals surface area contributed by atoms with Crippen LogP contribution in [0, 0.1) is 0 Å². The summed E-state index contributed by atoms with van der Waals surface area (Å²) in [4.78, 5) is 25.6. The average Bonchev–Trinajstić information content (AvgIpc) is 2.31. The lowest BCUT2D eigenvalue weighted by Crippen LogP contribution is -2.04. The van der Waals surface area contributed by atoms with Crippen molar-refractivity contribution in [1.29, 1.82) is 0 Å². The molecule has 0 radical (unpaired) electrons. The molecule has 1 aromatic heterocycles. The van der Waals surface area contributed by atoms with Crippen LogP contribution in [0.1, 0.15) is 29.3 Å². The van der Waals surface area contributed by atoms with E-state index in [1.54, 1.807) is 19.1 Å². The summed E-state index contributed by atoms with van der Waals surface area (Å²) in [6.07, 6.45) is 4.73. The van der Waals surface area contributed by atoms with Gasteiger partial charge < -0.3 is 15.6 Å². The highest BCUT2D eigenvalue weighted by atomic mass is 16.5. The minimum absolute atomic E-state index is 0.0370. The second kappa shape index (κ2) is 6.39. The van der Waals surface area contributed by atoms with Gasteiger partial charge in [0.15, 0.2) is 0 Å². The molecule has 96 valence electrons. The number of anilines is 1. The SMILES string of the molecule is CCOC(=O)CC=Cc1cnc(N)c(C(=O)O)c1. The molecule has 1 aromatic rings. The molecule has 1 rings (SSSR count). The molecule has 3 N–H and O–H groups in total. The number of nitrogen functional groups attached to an aromatic ring is 1. The first-order chi connectivity index (χ1) is 8.54. The molecule has 6 nitrogen and oxygen atoms in total. The minimum atomic E-state index is -1.14. The topological polar surface area (TPSA) is 103 Å². The zero-order valence-corrected chi connectivity index (χ0v) is 9.92. The predicted molar refractivity (Wildman–Crippen MR) is 65.9 cm³/mol. The van der Waals surface area contributed by atoms with E-state index in [9.17, 15) is 9.59 Å². The zero-order chi connectivity index (χ0) is 13.5. The Kier molecular flexibility index (Phi) is 4.86. The molecule has 0 aliphatic heterocycles. The van der Waals surface area contributed by atoms with Crippen LogP contribution in [0.4, 0.5) is 5.82 Å². The number of aromatic carboxylic acids is 1. The summed E-state index contributed by atoms with van der Waals surface area (Å²) in [7, 11) is 0. The highest BCUT2D eigenvalue weighted by Gasteiger charge is 2.08. The molecule has 0 aliphatic carbocycles. The summed E-state index contributed by atoms with van der Waals surface area (Å²) in [5.74, 6) is -1.51. The summed E-state index contributed by atoms with van der Waals surface area (Å²) in [6.45, 7) is 2.06. The maximum Gasteiger partial charge on any atom is 0.339 e. The van der Waals surface area contributed by atoms with Gasteiger partial charge >= 0.3 is 11.9 Å². The van der Waals surface area contributed by atoms with E-state index < -0.39 is 5.97 Å². The van der Waals surface area contributed by atoms with Crippen LogP contribution < -0.4 is 5.73 Å². The molecule has 0 saturated heterocycles. The fraction of sp³-hybridized carbons (Fsp3) is 0.250. The number of rotatable bonds is 5. The molecule has 0 unspecified atom stereocenters. The Morgan fingerprint density at radius 2 is 2.28 bits per heavy atom. The molecule has 0 saturated carbocycles. The van der Waals surface area contributed by atoms with E-state index in [4.69, 9.17) is 15.6 Å². The molecule has 0 spiro atoms. The van der Waals surface area contributed by atoms with Gasteiger partial charge in [-0.2, -0.15) is 0 Å². The van der Waals surface area contributed by atoms with Crippen LogP contribution in [-0.4, -0.2) is 28.6 Å².